The van der Waals surface area contributed by atoms with E-state index in [9.17, 15) is 0 Å². The number of nitrogens with two attached hydrogens (primary N) is 3. The summed E-state index contributed by atoms with van der Waals surface area (Å²) in [7, 11) is 0. The predicted octanol–water partition coefficient (Wildman–Crippen LogP) is -0.228. The van der Waals surface area contributed by atoms with Gasteiger partial charge in [0.05, 0.1) is 0 Å². The normalized spacial score (nSPS) is 14.0. The molecule has 12 heavy (non-hydrogen) atoms. The van der Waals surface area contributed by atoms with E-state index in [2.05, 4.69) is 5.43 Å². The van der Waals surface area contributed by atoms with Crippen molar-refractivity contribution in [3.8, 4) is 0 Å². The summed E-state index contributed by atoms with van der Waals surface area (Å²) in [5.41, 5.74) is 13.2. The zero-order valence-corrected chi connectivity index (χ0v) is 8.03. The van der Waals surface area contributed by atoms with Crippen LogP contribution in [0.25, 0.3) is 5.43 Å². The number of nitrogens with zero attached hydrogens (tertiary/aromatic N) is 2. The lowest BCUT2D eigenvalue weighted by Crippen LogP contribution is -2.48. The third-order valence-electron chi connectivity index (χ3n) is 0.685. The first-order valence-electron chi connectivity index (χ1n) is 3.65. The van der Waals surface area contributed by atoms with Crippen LogP contribution < -0.4 is 17.3 Å². The summed E-state index contributed by atoms with van der Waals surface area (Å²) in [4.78, 5) is 4.96. The summed E-state index contributed by atoms with van der Waals surface area (Å²) in [6.07, 6.45) is 0. The van der Waals surface area contributed by atoms with Crippen molar-refractivity contribution in [2.75, 3.05) is 0 Å². The molecular formula is C6H18N5O-. The fourth-order valence-electron chi connectivity index (χ4n) is 0.515. The van der Waals surface area contributed by atoms with Gasteiger partial charge in [0.15, 0.2) is 0 Å². The predicted molar refractivity (Wildman–Crippen MR) is 47.0 cm³/mol. The van der Waals surface area contributed by atoms with Crippen LogP contribution in [0.4, 0.5) is 0 Å². The Morgan fingerprint density at radius 2 is 1.58 bits per heavy atom. The van der Waals surface area contributed by atoms with Gasteiger partial charge in [0.2, 0.25) is 0 Å². The van der Waals surface area contributed by atoms with Gasteiger partial charge in [0.1, 0.15) is 5.72 Å². The minimum Gasteiger partial charge on any atom is -0.537 e. The van der Waals surface area contributed by atoms with E-state index in [4.69, 9.17) is 22.1 Å². The lowest BCUT2D eigenvalue weighted by Gasteiger charge is -2.44. The monoisotopic (exact) mass is 176 g/mol. The Bertz CT molecular complexity index is 120. The van der Waals surface area contributed by atoms with Crippen molar-refractivity contribution in [2.45, 2.75) is 39.1 Å². The molecule has 0 aromatic heterocycles. The van der Waals surface area contributed by atoms with Crippen molar-refractivity contribution in [1.29, 1.82) is 0 Å². The smallest absolute Gasteiger partial charge is 0.132 e. The van der Waals surface area contributed by atoms with Crippen LogP contribution in [0.2, 0.25) is 0 Å². The molecule has 6 heteroatoms. The molecule has 0 saturated carbocycles. The second-order valence-corrected chi connectivity index (χ2v) is 3.75. The van der Waals surface area contributed by atoms with Crippen LogP contribution >= 0.6 is 0 Å². The highest BCUT2D eigenvalue weighted by atomic mass is 16.8. The highest BCUT2D eigenvalue weighted by Crippen LogP contribution is 2.12. The molecular weight excluding hydrogens is 158 g/mol. The van der Waals surface area contributed by atoms with E-state index in [1.165, 1.54) is 0 Å². The van der Waals surface area contributed by atoms with Crippen molar-refractivity contribution in [2.24, 2.45) is 17.3 Å². The minimum atomic E-state index is -0.858. The molecule has 6 N–H and O–H groups in total. The average molecular weight is 176 g/mol. The van der Waals surface area contributed by atoms with Gasteiger partial charge in [-0.25, -0.2) is 5.28 Å². The molecule has 0 aliphatic heterocycles. The SMILES string of the molecule is CC(C)(N)[N-]N(N)OC(C)(C)N. The van der Waals surface area contributed by atoms with Crippen LogP contribution in [-0.4, -0.2) is 16.7 Å². The van der Waals surface area contributed by atoms with E-state index in [1.54, 1.807) is 27.7 Å². The topological polar surface area (TPSA) is 105 Å². The van der Waals surface area contributed by atoms with Crippen molar-refractivity contribution in [3.05, 3.63) is 5.43 Å². The van der Waals surface area contributed by atoms with Gasteiger partial charge in [0, 0.05) is 0 Å². The lowest BCUT2D eigenvalue weighted by atomic mass is 10.3. The number of rotatable bonds is 4. The first kappa shape index (κ1) is 11.8. The van der Waals surface area contributed by atoms with Gasteiger partial charge in [-0.05, 0) is 13.8 Å². The molecule has 0 aromatic carbocycles. The Labute approximate surface area is 72.9 Å². The minimum absolute atomic E-state index is 0.764. The molecule has 0 aliphatic carbocycles. The van der Waals surface area contributed by atoms with Crippen LogP contribution in [0.5, 0.6) is 0 Å². The van der Waals surface area contributed by atoms with Crippen molar-refractivity contribution in [1.82, 2.24) is 5.28 Å². The first-order chi connectivity index (χ1) is 5.10. The Morgan fingerprint density at radius 3 is 1.83 bits per heavy atom. The Morgan fingerprint density at radius 1 is 1.17 bits per heavy atom. The largest absolute Gasteiger partial charge is 0.537 e. The second-order valence-electron chi connectivity index (χ2n) is 3.75. The van der Waals surface area contributed by atoms with Gasteiger partial charge in [-0.15, -0.1) is 0 Å². The molecule has 0 fully saturated rings. The summed E-state index contributed by atoms with van der Waals surface area (Å²) in [5, 5.41) is 0.792. The highest BCUT2D eigenvalue weighted by molar-refractivity contribution is 4.88. The van der Waals surface area contributed by atoms with Gasteiger partial charge >= 0.3 is 0 Å². The first-order valence-corrected chi connectivity index (χ1v) is 3.65. The molecule has 74 valence electrons. The van der Waals surface area contributed by atoms with E-state index in [1.807, 2.05) is 0 Å². The summed E-state index contributed by atoms with van der Waals surface area (Å²) in [5.74, 6) is 5.33. The second kappa shape index (κ2) is 3.65. The van der Waals surface area contributed by atoms with Crippen molar-refractivity contribution >= 4 is 0 Å². The standard InChI is InChI=1S/C6H18N5O/c1-5(2,7)10-11(9)12-6(3,4)8/h7-9H2,1-4H3/q-1. The molecule has 0 aliphatic rings. The van der Waals surface area contributed by atoms with Crippen LogP contribution in [0.1, 0.15) is 27.7 Å². The molecule has 0 radical (unpaired) electrons. The van der Waals surface area contributed by atoms with Gasteiger partial charge < -0.3 is 16.9 Å². The number of hydrogen-bond acceptors (Lipinski definition) is 5. The quantitative estimate of drug-likeness (QED) is 0.312. The van der Waals surface area contributed by atoms with E-state index < -0.39 is 11.4 Å². The molecule has 0 spiro atoms. The van der Waals surface area contributed by atoms with E-state index in [0.29, 0.717) is 0 Å². The molecule has 6 nitrogen and oxygen atoms in total. The Hall–Kier alpha value is -0.240. The van der Waals surface area contributed by atoms with Crippen LogP contribution in [0.15, 0.2) is 0 Å². The summed E-state index contributed by atoms with van der Waals surface area (Å²) < 4.78 is 0. The van der Waals surface area contributed by atoms with E-state index >= 15 is 0 Å². The third-order valence-corrected chi connectivity index (χ3v) is 0.685. The zero-order valence-electron chi connectivity index (χ0n) is 8.03. The summed E-state index contributed by atoms with van der Waals surface area (Å²) in [6, 6.07) is 0. The van der Waals surface area contributed by atoms with Crippen LogP contribution in [-0.2, 0) is 4.84 Å². The fraction of sp³-hybridized carbons (Fsp3) is 1.00. The van der Waals surface area contributed by atoms with Gasteiger partial charge in [-0.2, -0.15) is 0 Å². The summed E-state index contributed by atoms with van der Waals surface area (Å²) >= 11 is 0. The van der Waals surface area contributed by atoms with Crippen LogP contribution in [0, 0.1) is 0 Å². The van der Waals surface area contributed by atoms with E-state index in [-0.39, 0.29) is 0 Å². The molecule has 0 heterocycles. The maximum Gasteiger partial charge on any atom is 0.132 e. The summed E-state index contributed by atoms with van der Waals surface area (Å²) in [6.45, 7) is 6.71. The number of hydrogen-bond donors (Lipinski definition) is 3. The molecule has 0 amide bonds. The van der Waals surface area contributed by atoms with Gasteiger partial charge in [-0.3, -0.25) is 10.7 Å². The molecule has 0 bridgehead atoms. The van der Waals surface area contributed by atoms with Crippen LogP contribution in [0.3, 0.4) is 0 Å². The average Bonchev–Trinajstić information content (AvgIpc) is 1.49. The van der Waals surface area contributed by atoms with Crippen molar-refractivity contribution in [3.63, 3.8) is 0 Å². The molecule has 0 rings (SSSR count). The third kappa shape index (κ3) is 7.86. The van der Waals surface area contributed by atoms with Crippen molar-refractivity contribution < 1.29 is 4.84 Å². The van der Waals surface area contributed by atoms with Gasteiger partial charge in [-0.1, -0.05) is 19.5 Å². The maximum atomic E-state index is 5.55. The highest BCUT2D eigenvalue weighted by Gasteiger charge is 2.12. The Kier molecular flexibility index (Phi) is 3.58. The molecule has 0 aromatic rings. The number of hydrazine groups is 1. The van der Waals surface area contributed by atoms with Gasteiger partial charge in [0.25, 0.3) is 0 Å². The van der Waals surface area contributed by atoms with E-state index in [0.717, 1.165) is 5.28 Å². The fourth-order valence-corrected chi connectivity index (χ4v) is 0.515. The molecule has 0 atom stereocenters. The molecule has 0 saturated heterocycles. The maximum absolute atomic E-state index is 5.55. The zero-order chi connectivity index (χ0) is 9.99. The Balaban J connectivity index is 3.83. The lowest BCUT2D eigenvalue weighted by molar-refractivity contribution is -0.219. The molecule has 0 unspecified atom stereocenters.